The monoisotopic (exact) mass is 326 g/mol. The molecule has 1 aliphatic rings. The molecule has 0 amide bonds. The minimum Gasteiger partial charge on any atom is -0.481 e. The van der Waals surface area contributed by atoms with Crippen LogP contribution >= 0.6 is 15.9 Å². The van der Waals surface area contributed by atoms with E-state index in [4.69, 9.17) is 4.42 Å². The van der Waals surface area contributed by atoms with Gasteiger partial charge >= 0.3 is 5.97 Å². The van der Waals surface area contributed by atoms with Crippen LogP contribution in [0, 0.1) is 5.41 Å². The van der Waals surface area contributed by atoms with Crippen LogP contribution in [-0.4, -0.2) is 31.3 Å². The Kier molecular flexibility index (Phi) is 2.89. The Balaban J connectivity index is 1.93. The largest absolute Gasteiger partial charge is 0.481 e. The molecule has 0 radical (unpaired) electrons. The highest BCUT2D eigenvalue weighted by Gasteiger charge is 2.45. The van der Waals surface area contributed by atoms with Gasteiger partial charge in [0.15, 0.2) is 10.5 Å². The zero-order chi connectivity index (χ0) is 13.5. The summed E-state index contributed by atoms with van der Waals surface area (Å²) in [4.78, 5) is 11.4. The molecule has 2 heterocycles. The Morgan fingerprint density at radius 3 is 2.89 bits per heavy atom. The van der Waals surface area contributed by atoms with Crippen molar-refractivity contribution in [2.75, 3.05) is 0 Å². The number of halogens is 1. The molecule has 0 unspecified atom stereocenters. The van der Waals surface area contributed by atoms with Gasteiger partial charge in [-0.25, -0.2) is 4.68 Å². The third kappa shape index (κ3) is 1.95. The summed E-state index contributed by atoms with van der Waals surface area (Å²) in [5.74, 6) is -0.278. The molecule has 1 fully saturated rings. The van der Waals surface area contributed by atoms with Gasteiger partial charge < -0.3 is 9.52 Å². The number of aromatic nitrogens is 4. The zero-order valence-electron chi connectivity index (χ0n) is 9.91. The first kappa shape index (κ1) is 12.3. The maximum Gasteiger partial charge on any atom is 0.311 e. The van der Waals surface area contributed by atoms with Crippen molar-refractivity contribution < 1.29 is 14.3 Å². The fraction of sp³-hybridized carbons (Fsp3) is 0.455. The normalized spacial score (nSPS) is 17.1. The van der Waals surface area contributed by atoms with E-state index in [0.717, 1.165) is 6.42 Å². The van der Waals surface area contributed by atoms with Crippen molar-refractivity contribution in [1.82, 2.24) is 20.2 Å². The average Bonchev–Trinajstić information content (AvgIpc) is 2.91. The molecular formula is C11H11BrN4O3. The van der Waals surface area contributed by atoms with E-state index in [2.05, 4.69) is 31.5 Å². The van der Waals surface area contributed by atoms with Gasteiger partial charge in [0, 0.05) is 0 Å². The number of furan rings is 1. The first-order valence-corrected chi connectivity index (χ1v) is 6.65. The summed E-state index contributed by atoms with van der Waals surface area (Å²) in [6.45, 7) is 0.280. The van der Waals surface area contributed by atoms with Gasteiger partial charge in [-0.2, -0.15) is 0 Å². The zero-order valence-corrected chi connectivity index (χ0v) is 11.5. The molecule has 0 bridgehead atoms. The second-order valence-corrected chi connectivity index (χ2v) is 5.43. The van der Waals surface area contributed by atoms with Crippen LogP contribution in [0.2, 0.25) is 0 Å². The van der Waals surface area contributed by atoms with Crippen molar-refractivity contribution in [2.24, 2.45) is 5.41 Å². The molecule has 7 nitrogen and oxygen atoms in total. The summed E-state index contributed by atoms with van der Waals surface area (Å²) in [7, 11) is 0. The summed E-state index contributed by atoms with van der Waals surface area (Å²) in [6.07, 6.45) is 3.77. The molecule has 1 saturated carbocycles. The Hall–Kier alpha value is -1.70. The van der Waals surface area contributed by atoms with E-state index < -0.39 is 11.4 Å². The third-order valence-electron chi connectivity index (χ3n) is 3.61. The predicted molar refractivity (Wildman–Crippen MR) is 67.1 cm³/mol. The standard InChI is InChI=1S/C11H11BrN4O3/c12-8-7(2-5-19-8)9-13-14-15-16(9)6-11(10(17)18)3-1-4-11/h2,5H,1,3-4,6H2,(H,17,18). The summed E-state index contributed by atoms with van der Waals surface area (Å²) < 4.78 is 7.21. The molecule has 2 aromatic heterocycles. The van der Waals surface area contributed by atoms with Crippen molar-refractivity contribution in [3.05, 3.63) is 17.0 Å². The molecule has 0 spiro atoms. The second-order valence-electron chi connectivity index (χ2n) is 4.71. The first-order valence-electron chi connectivity index (χ1n) is 5.85. The van der Waals surface area contributed by atoms with E-state index in [1.807, 2.05) is 0 Å². The Labute approximate surface area is 116 Å². The number of rotatable bonds is 4. The Bertz CT molecular complexity index is 617. The second kappa shape index (κ2) is 4.44. The van der Waals surface area contributed by atoms with Crippen molar-refractivity contribution in [1.29, 1.82) is 0 Å². The maximum atomic E-state index is 11.4. The predicted octanol–water partition coefficient (Wildman–Crippen LogP) is 1.95. The molecule has 2 aromatic rings. The summed E-state index contributed by atoms with van der Waals surface area (Å²) >= 11 is 3.27. The number of aliphatic carboxylic acids is 1. The van der Waals surface area contributed by atoms with Crippen LogP contribution < -0.4 is 0 Å². The van der Waals surface area contributed by atoms with Crippen molar-refractivity contribution in [2.45, 2.75) is 25.8 Å². The van der Waals surface area contributed by atoms with Gasteiger partial charge in [-0.1, -0.05) is 6.42 Å². The van der Waals surface area contributed by atoms with E-state index in [0.29, 0.717) is 28.9 Å². The minimum absolute atomic E-state index is 0.280. The van der Waals surface area contributed by atoms with Crippen molar-refractivity contribution in [3.8, 4) is 11.4 Å². The van der Waals surface area contributed by atoms with Crippen molar-refractivity contribution >= 4 is 21.9 Å². The topological polar surface area (TPSA) is 94.0 Å². The molecule has 0 atom stereocenters. The molecule has 0 aromatic carbocycles. The van der Waals surface area contributed by atoms with Crippen LogP contribution in [0.25, 0.3) is 11.4 Å². The van der Waals surface area contributed by atoms with Gasteiger partial charge in [0.25, 0.3) is 0 Å². The molecule has 0 aliphatic heterocycles. The number of carboxylic acids is 1. The SMILES string of the molecule is O=C(O)C1(Cn2nnnc2-c2ccoc2Br)CCC1. The molecule has 0 saturated heterocycles. The lowest BCUT2D eigenvalue weighted by atomic mass is 9.69. The lowest BCUT2D eigenvalue weighted by Crippen LogP contribution is -2.42. The van der Waals surface area contributed by atoms with Crippen LogP contribution in [0.1, 0.15) is 19.3 Å². The Morgan fingerprint density at radius 2 is 2.37 bits per heavy atom. The van der Waals surface area contributed by atoms with Crippen LogP contribution in [0.5, 0.6) is 0 Å². The number of hydrogen-bond donors (Lipinski definition) is 1. The average molecular weight is 327 g/mol. The maximum absolute atomic E-state index is 11.4. The smallest absolute Gasteiger partial charge is 0.311 e. The first-order chi connectivity index (χ1) is 9.12. The summed E-state index contributed by atoms with van der Waals surface area (Å²) in [5.41, 5.74) is -0.0229. The molecule has 100 valence electrons. The van der Waals surface area contributed by atoms with E-state index >= 15 is 0 Å². The fourth-order valence-electron chi connectivity index (χ4n) is 2.29. The number of tetrazole rings is 1. The van der Waals surface area contributed by atoms with E-state index in [-0.39, 0.29) is 6.54 Å². The van der Waals surface area contributed by atoms with Gasteiger partial charge in [-0.05, 0) is 45.3 Å². The number of hydrogen-bond acceptors (Lipinski definition) is 5. The van der Waals surface area contributed by atoms with E-state index in [1.54, 1.807) is 6.07 Å². The molecule has 8 heteroatoms. The Morgan fingerprint density at radius 1 is 1.58 bits per heavy atom. The van der Waals surface area contributed by atoms with Gasteiger partial charge in [0.05, 0.1) is 23.8 Å². The van der Waals surface area contributed by atoms with E-state index in [1.165, 1.54) is 10.9 Å². The van der Waals surface area contributed by atoms with E-state index in [9.17, 15) is 9.90 Å². The third-order valence-corrected chi connectivity index (χ3v) is 4.22. The van der Waals surface area contributed by atoms with Crippen molar-refractivity contribution in [3.63, 3.8) is 0 Å². The van der Waals surface area contributed by atoms with Crippen LogP contribution in [0.4, 0.5) is 0 Å². The van der Waals surface area contributed by atoms with Crippen LogP contribution in [0.3, 0.4) is 0 Å². The van der Waals surface area contributed by atoms with Gasteiger partial charge in [0.2, 0.25) is 0 Å². The number of carbonyl (C=O) groups is 1. The van der Waals surface area contributed by atoms with Crippen LogP contribution in [-0.2, 0) is 11.3 Å². The molecule has 19 heavy (non-hydrogen) atoms. The minimum atomic E-state index is -0.786. The highest BCUT2D eigenvalue weighted by molar-refractivity contribution is 9.10. The quantitative estimate of drug-likeness (QED) is 0.922. The number of carboxylic acid groups (broad SMARTS) is 1. The molecule has 1 N–H and O–H groups in total. The lowest BCUT2D eigenvalue weighted by molar-refractivity contribution is -0.156. The summed E-state index contributed by atoms with van der Waals surface area (Å²) in [6, 6.07) is 1.74. The molecular weight excluding hydrogens is 316 g/mol. The molecule has 1 aliphatic carbocycles. The van der Waals surface area contributed by atoms with Gasteiger partial charge in [-0.15, -0.1) is 5.10 Å². The highest BCUT2D eigenvalue weighted by atomic mass is 79.9. The lowest BCUT2D eigenvalue weighted by Gasteiger charge is -2.37. The van der Waals surface area contributed by atoms with Gasteiger partial charge in [0.1, 0.15) is 0 Å². The fourth-order valence-corrected chi connectivity index (χ4v) is 2.70. The van der Waals surface area contributed by atoms with Crippen LogP contribution in [0.15, 0.2) is 21.4 Å². The number of nitrogens with zero attached hydrogens (tertiary/aromatic N) is 4. The highest BCUT2D eigenvalue weighted by Crippen LogP contribution is 2.43. The van der Waals surface area contributed by atoms with Gasteiger partial charge in [-0.3, -0.25) is 4.79 Å². The molecule has 3 rings (SSSR count). The summed E-state index contributed by atoms with van der Waals surface area (Å²) in [5, 5.41) is 20.8.